The molecule has 0 spiro atoms. The Labute approximate surface area is 146 Å². The normalized spacial score (nSPS) is 18.5. The minimum Gasteiger partial charge on any atom is -0.374 e. The second-order valence-corrected chi connectivity index (χ2v) is 6.34. The maximum absolute atomic E-state index is 5.84. The Kier molecular flexibility index (Phi) is 4.58. The van der Waals surface area contributed by atoms with Crippen molar-refractivity contribution < 1.29 is 9.26 Å². The molecule has 1 aromatic carbocycles. The summed E-state index contributed by atoms with van der Waals surface area (Å²) in [6.45, 7) is 5.82. The fourth-order valence-corrected chi connectivity index (χ4v) is 3.06. The molecule has 1 aliphatic rings. The standard InChI is InChI=1S/C18H21N5O2/c1-14-4-2-5-15(10-14)18-20-17(25-21-18)13-22-8-9-24-16(11-22)12-23-7-3-6-19-23/h2-7,10,16H,8-9,11-13H2,1H3/t16-/m1/s1. The van der Waals surface area contributed by atoms with Gasteiger partial charge in [-0.15, -0.1) is 0 Å². The van der Waals surface area contributed by atoms with E-state index < -0.39 is 0 Å². The van der Waals surface area contributed by atoms with Crippen LogP contribution in [0, 0.1) is 6.92 Å². The van der Waals surface area contributed by atoms with Crippen molar-refractivity contribution in [2.45, 2.75) is 26.1 Å². The Balaban J connectivity index is 1.38. The van der Waals surface area contributed by atoms with Gasteiger partial charge in [0.15, 0.2) is 0 Å². The molecule has 7 nitrogen and oxygen atoms in total. The third-order valence-corrected chi connectivity index (χ3v) is 4.28. The first-order valence-corrected chi connectivity index (χ1v) is 8.47. The van der Waals surface area contributed by atoms with E-state index in [1.54, 1.807) is 6.20 Å². The molecule has 2 aromatic heterocycles. The highest BCUT2D eigenvalue weighted by Gasteiger charge is 2.23. The smallest absolute Gasteiger partial charge is 0.241 e. The molecule has 3 heterocycles. The number of aromatic nitrogens is 4. The van der Waals surface area contributed by atoms with Crippen LogP contribution in [0.1, 0.15) is 11.5 Å². The van der Waals surface area contributed by atoms with E-state index in [4.69, 9.17) is 9.26 Å². The van der Waals surface area contributed by atoms with Gasteiger partial charge in [-0.3, -0.25) is 9.58 Å². The summed E-state index contributed by atoms with van der Waals surface area (Å²) in [6.07, 6.45) is 3.85. The molecular formula is C18H21N5O2. The predicted octanol–water partition coefficient (Wildman–Crippen LogP) is 2.14. The van der Waals surface area contributed by atoms with Crippen LogP contribution in [-0.2, 0) is 17.8 Å². The van der Waals surface area contributed by atoms with Gasteiger partial charge in [0.2, 0.25) is 11.7 Å². The number of hydrogen-bond acceptors (Lipinski definition) is 6. The molecule has 1 fully saturated rings. The van der Waals surface area contributed by atoms with Crippen molar-refractivity contribution in [2.75, 3.05) is 19.7 Å². The van der Waals surface area contributed by atoms with Crippen LogP contribution in [0.25, 0.3) is 11.4 Å². The molecule has 0 radical (unpaired) electrons. The van der Waals surface area contributed by atoms with Crippen LogP contribution < -0.4 is 0 Å². The minimum absolute atomic E-state index is 0.118. The topological polar surface area (TPSA) is 69.2 Å². The predicted molar refractivity (Wildman–Crippen MR) is 91.7 cm³/mol. The number of ether oxygens (including phenoxy) is 1. The molecule has 1 saturated heterocycles. The zero-order valence-corrected chi connectivity index (χ0v) is 14.2. The highest BCUT2D eigenvalue weighted by molar-refractivity contribution is 5.55. The molecule has 130 valence electrons. The number of rotatable bonds is 5. The molecule has 0 aliphatic carbocycles. The van der Waals surface area contributed by atoms with Crippen LogP contribution in [0.3, 0.4) is 0 Å². The molecule has 4 rings (SSSR count). The quantitative estimate of drug-likeness (QED) is 0.709. The van der Waals surface area contributed by atoms with E-state index in [2.05, 4.69) is 39.2 Å². The molecular weight excluding hydrogens is 318 g/mol. The van der Waals surface area contributed by atoms with Crippen LogP contribution in [0.2, 0.25) is 0 Å². The van der Waals surface area contributed by atoms with Gasteiger partial charge in [-0.25, -0.2) is 0 Å². The minimum atomic E-state index is 0.118. The monoisotopic (exact) mass is 339 g/mol. The summed E-state index contributed by atoms with van der Waals surface area (Å²) in [4.78, 5) is 6.82. The summed E-state index contributed by atoms with van der Waals surface area (Å²) in [5.41, 5.74) is 2.16. The lowest BCUT2D eigenvalue weighted by molar-refractivity contribution is -0.0426. The van der Waals surface area contributed by atoms with Crippen LogP contribution in [0.15, 0.2) is 47.2 Å². The Morgan fingerprint density at radius 1 is 1.28 bits per heavy atom. The SMILES string of the molecule is Cc1cccc(-c2noc(CN3CCO[C@@H](Cn4cccn4)C3)n2)c1. The van der Waals surface area contributed by atoms with Gasteiger partial charge in [0, 0.05) is 31.0 Å². The lowest BCUT2D eigenvalue weighted by atomic mass is 10.1. The first-order chi connectivity index (χ1) is 12.3. The number of hydrogen-bond donors (Lipinski definition) is 0. The Hall–Kier alpha value is -2.51. The molecule has 1 aliphatic heterocycles. The third-order valence-electron chi connectivity index (χ3n) is 4.28. The van der Waals surface area contributed by atoms with Crippen molar-refractivity contribution in [2.24, 2.45) is 0 Å². The highest BCUT2D eigenvalue weighted by atomic mass is 16.5. The van der Waals surface area contributed by atoms with E-state index in [-0.39, 0.29) is 6.10 Å². The van der Waals surface area contributed by atoms with Gasteiger partial charge in [-0.1, -0.05) is 28.9 Å². The summed E-state index contributed by atoms with van der Waals surface area (Å²) < 4.78 is 13.2. The van der Waals surface area contributed by atoms with Crippen LogP contribution in [-0.4, -0.2) is 50.6 Å². The zero-order chi connectivity index (χ0) is 17.1. The fourth-order valence-electron chi connectivity index (χ4n) is 3.06. The van der Waals surface area contributed by atoms with E-state index in [0.717, 1.165) is 25.2 Å². The molecule has 1 atom stereocenters. The van der Waals surface area contributed by atoms with Crippen LogP contribution in [0.5, 0.6) is 0 Å². The molecule has 0 unspecified atom stereocenters. The maximum atomic E-state index is 5.84. The van der Waals surface area contributed by atoms with Gasteiger partial charge >= 0.3 is 0 Å². The van der Waals surface area contributed by atoms with Gasteiger partial charge in [-0.2, -0.15) is 10.1 Å². The highest BCUT2D eigenvalue weighted by Crippen LogP contribution is 2.18. The summed E-state index contributed by atoms with van der Waals surface area (Å²) in [6, 6.07) is 10.0. The summed E-state index contributed by atoms with van der Waals surface area (Å²) in [7, 11) is 0. The van der Waals surface area contributed by atoms with Crippen molar-refractivity contribution in [1.29, 1.82) is 0 Å². The van der Waals surface area contributed by atoms with E-state index >= 15 is 0 Å². The summed E-state index contributed by atoms with van der Waals surface area (Å²) in [5, 5.41) is 8.36. The summed E-state index contributed by atoms with van der Waals surface area (Å²) in [5.74, 6) is 1.27. The van der Waals surface area contributed by atoms with E-state index in [9.17, 15) is 0 Å². The average Bonchev–Trinajstić information content (AvgIpc) is 3.27. The lowest BCUT2D eigenvalue weighted by Crippen LogP contribution is -2.43. The average molecular weight is 339 g/mol. The van der Waals surface area contributed by atoms with Gasteiger partial charge in [0.25, 0.3) is 0 Å². The second kappa shape index (κ2) is 7.16. The fraction of sp³-hybridized carbons (Fsp3) is 0.389. The third kappa shape index (κ3) is 3.94. The largest absolute Gasteiger partial charge is 0.374 e. The van der Waals surface area contributed by atoms with Crippen molar-refractivity contribution >= 4 is 0 Å². The molecule has 0 N–H and O–H groups in total. The number of benzene rings is 1. The second-order valence-electron chi connectivity index (χ2n) is 6.34. The maximum Gasteiger partial charge on any atom is 0.241 e. The lowest BCUT2D eigenvalue weighted by Gasteiger charge is -2.31. The van der Waals surface area contributed by atoms with Crippen molar-refractivity contribution in [1.82, 2.24) is 24.8 Å². The van der Waals surface area contributed by atoms with Gasteiger partial charge < -0.3 is 9.26 Å². The Morgan fingerprint density at radius 2 is 2.24 bits per heavy atom. The first kappa shape index (κ1) is 16.0. The van der Waals surface area contributed by atoms with Gasteiger partial charge in [0.1, 0.15) is 0 Å². The number of nitrogens with zero attached hydrogens (tertiary/aromatic N) is 5. The zero-order valence-electron chi connectivity index (χ0n) is 14.2. The molecule has 0 amide bonds. The van der Waals surface area contributed by atoms with Gasteiger partial charge in [-0.05, 0) is 19.1 Å². The van der Waals surface area contributed by atoms with Crippen LogP contribution >= 0.6 is 0 Å². The van der Waals surface area contributed by atoms with E-state index in [1.165, 1.54) is 5.56 Å². The molecule has 0 saturated carbocycles. The van der Waals surface area contributed by atoms with Crippen molar-refractivity contribution in [3.05, 3.63) is 54.2 Å². The Bertz CT molecular complexity index is 815. The molecule has 25 heavy (non-hydrogen) atoms. The first-order valence-electron chi connectivity index (χ1n) is 8.47. The number of aryl methyl sites for hydroxylation is 1. The molecule has 0 bridgehead atoms. The van der Waals surface area contributed by atoms with E-state index in [0.29, 0.717) is 24.9 Å². The summed E-state index contributed by atoms with van der Waals surface area (Å²) >= 11 is 0. The Morgan fingerprint density at radius 3 is 3.08 bits per heavy atom. The molecule has 7 heteroatoms. The van der Waals surface area contributed by atoms with Gasteiger partial charge in [0.05, 0.1) is 25.8 Å². The number of morpholine rings is 1. The van der Waals surface area contributed by atoms with Crippen molar-refractivity contribution in [3.8, 4) is 11.4 Å². The van der Waals surface area contributed by atoms with Crippen LogP contribution in [0.4, 0.5) is 0 Å². The van der Waals surface area contributed by atoms with E-state index in [1.807, 2.05) is 29.1 Å². The molecule has 3 aromatic rings. The van der Waals surface area contributed by atoms with Crippen molar-refractivity contribution in [3.63, 3.8) is 0 Å².